The highest BCUT2D eigenvalue weighted by Crippen LogP contribution is 2.37. The molecular formula is C26H37F2N9O3. The number of anilines is 3. The summed E-state index contributed by atoms with van der Waals surface area (Å²) < 4.78 is 35.5. The minimum absolute atomic E-state index is 0.0347. The third-order valence-electron chi connectivity index (χ3n) is 7.19. The average Bonchev–Trinajstić information content (AvgIpc) is 3.53. The summed E-state index contributed by atoms with van der Waals surface area (Å²) in [4.78, 5) is 22.6. The van der Waals surface area contributed by atoms with E-state index in [-0.39, 0.29) is 35.5 Å². The third-order valence-corrected chi connectivity index (χ3v) is 7.19. The molecule has 3 aromatic rings. The van der Waals surface area contributed by atoms with Crippen LogP contribution in [-0.4, -0.2) is 77.6 Å². The quantitative estimate of drug-likeness (QED) is 0.395. The Labute approximate surface area is 231 Å². The Kier molecular flexibility index (Phi) is 8.98. The van der Waals surface area contributed by atoms with E-state index in [1.807, 2.05) is 0 Å². The molecule has 3 N–H and O–H groups in total. The fourth-order valence-corrected chi connectivity index (χ4v) is 5.17. The van der Waals surface area contributed by atoms with Crippen LogP contribution in [0, 0.1) is 11.6 Å². The van der Waals surface area contributed by atoms with Crippen molar-refractivity contribution in [1.29, 1.82) is 0 Å². The molecule has 0 spiro atoms. The van der Waals surface area contributed by atoms with Gasteiger partial charge in [0.05, 0.1) is 18.0 Å². The van der Waals surface area contributed by atoms with E-state index < -0.39 is 23.4 Å². The van der Waals surface area contributed by atoms with Crippen LogP contribution in [0.25, 0.3) is 5.69 Å². The van der Waals surface area contributed by atoms with Gasteiger partial charge < -0.3 is 20.5 Å². The summed E-state index contributed by atoms with van der Waals surface area (Å²) >= 11 is 0. The van der Waals surface area contributed by atoms with Crippen LogP contribution in [0.5, 0.6) is 5.75 Å². The predicted molar refractivity (Wildman–Crippen MR) is 146 cm³/mol. The van der Waals surface area contributed by atoms with Crippen LogP contribution >= 0.6 is 0 Å². The van der Waals surface area contributed by atoms with Crippen LogP contribution in [0.3, 0.4) is 0 Å². The number of aromatic nitrogens is 6. The second kappa shape index (κ2) is 12.3. The molecule has 2 aliphatic heterocycles. The fraction of sp³-hybridized carbons (Fsp3) is 0.577. The van der Waals surface area contributed by atoms with Crippen LogP contribution in [0.1, 0.15) is 52.9 Å². The van der Waals surface area contributed by atoms with Gasteiger partial charge in [-0.25, -0.2) is 18.6 Å². The number of aliphatic hydroxyl groups is 1. The third kappa shape index (κ3) is 6.55. The number of tetrazole rings is 1. The number of aliphatic hydroxyl groups excluding tert-OH is 1. The lowest BCUT2D eigenvalue weighted by Gasteiger charge is -2.44. The largest absolute Gasteiger partial charge is 0.489 e. The first-order valence-electron chi connectivity index (χ1n) is 13.4. The van der Waals surface area contributed by atoms with Gasteiger partial charge in [-0.3, -0.25) is 4.90 Å². The maximum atomic E-state index is 14.6. The number of aryl methyl sites for hydroxylation is 1. The normalized spacial score (nSPS) is 18.9. The number of fused-ring (bicyclic) bond motifs is 1. The number of ether oxygens (including phenoxy) is 1. The van der Waals surface area contributed by atoms with Crippen LogP contribution in [-0.2, 0) is 7.05 Å². The number of hydrogen-bond donors (Lipinski definition) is 3. The molecule has 0 aliphatic carbocycles. The predicted octanol–water partition coefficient (Wildman–Crippen LogP) is 2.99. The zero-order valence-electron chi connectivity index (χ0n) is 23.5. The van der Waals surface area contributed by atoms with Gasteiger partial charge in [0.1, 0.15) is 18.0 Å². The molecule has 0 bridgehead atoms. The van der Waals surface area contributed by atoms with E-state index >= 15 is 0 Å². The Balaban J connectivity index is 0.000000278. The number of nitrogens with zero attached hydrogens (tertiary/aromatic N) is 7. The Morgan fingerprint density at radius 3 is 2.60 bits per heavy atom. The minimum Gasteiger partial charge on any atom is -0.489 e. The molecule has 2 aliphatic rings. The molecule has 2 fully saturated rings. The maximum Gasteiger partial charge on any atom is 0.368 e. The summed E-state index contributed by atoms with van der Waals surface area (Å²) in [5, 5.41) is 22.0. The Hall–Kier alpha value is -3.65. The van der Waals surface area contributed by atoms with Gasteiger partial charge in [0.15, 0.2) is 17.5 Å². The van der Waals surface area contributed by atoms with Gasteiger partial charge >= 0.3 is 5.69 Å². The molecule has 218 valence electrons. The average molecular weight is 562 g/mol. The molecule has 5 rings (SSSR count). The van der Waals surface area contributed by atoms with Gasteiger partial charge in [0.2, 0.25) is 5.95 Å². The highest BCUT2D eigenvalue weighted by Gasteiger charge is 2.38. The van der Waals surface area contributed by atoms with E-state index in [2.05, 4.69) is 49.8 Å². The van der Waals surface area contributed by atoms with E-state index in [0.29, 0.717) is 5.54 Å². The summed E-state index contributed by atoms with van der Waals surface area (Å²) in [6.07, 6.45) is 7.32. The fourth-order valence-electron chi connectivity index (χ4n) is 5.17. The molecule has 14 heteroatoms. The first kappa shape index (κ1) is 29.3. The van der Waals surface area contributed by atoms with Crippen molar-refractivity contribution in [3.63, 3.8) is 0 Å². The molecule has 4 heterocycles. The van der Waals surface area contributed by atoms with Crippen LogP contribution in [0.2, 0.25) is 0 Å². The summed E-state index contributed by atoms with van der Waals surface area (Å²) in [5.74, 6) is -1.63. The van der Waals surface area contributed by atoms with Crippen molar-refractivity contribution in [2.75, 3.05) is 30.8 Å². The van der Waals surface area contributed by atoms with Crippen LogP contribution in [0.15, 0.2) is 23.1 Å². The summed E-state index contributed by atoms with van der Waals surface area (Å²) in [5.41, 5.74) is -0.126. The molecule has 2 aromatic heterocycles. The molecule has 12 nitrogen and oxygen atoms in total. The number of piperidine rings is 1. The van der Waals surface area contributed by atoms with Gasteiger partial charge in [-0.15, -0.1) is 0 Å². The lowest BCUT2D eigenvalue weighted by molar-refractivity contribution is 0.0567. The highest BCUT2D eigenvalue weighted by molar-refractivity contribution is 5.63. The SMILES string of the molecule is CC1(C)CCCC2CCCN21.CNc1nc(Nc2cc(-n3nnn(C)c3=O)c(OCC(C)O)cc2F)ncc1F. The zero-order chi connectivity index (χ0) is 29.0. The number of halogens is 2. The van der Waals surface area contributed by atoms with E-state index in [4.69, 9.17) is 4.74 Å². The minimum atomic E-state index is -0.824. The Morgan fingerprint density at radius 1 is 1.20 bits per heavy atom. The number of nitrogens with one attached hydrogen (secondary N) is 2. The number of rotatable bonds is 7. The van der Waals surface area contributed by atoms with Gasteiger partial charge in [0.25, 0.3) is 0 Å². The second-order valence-corrected chi connectivity index (χ2v) is 10.7. The molecule has 40 heavy (non-hydrogen) atoms. The van der Waals surface area contributed by atoms with E-state index in [1.165, 1.54) is 65.7 Å². The number of benzene rings is 1. The van der Waals surface area contributed by atoms with Crippen molar-refractivity contribution in [3.8, 4) is 11.4 Å². The Bertz CT molecular complexity index is 1380. The van der Waals surface area contributed by atoms with Crippen molar-refractivity contribution in [1.82, 2.24) is 34.7 Å². The van der Waals surface area contributed by atoms with E-state index in [9.17, 15) is 18.7 Å². The first-order valence-corrected chi connectivity index (χ1v) is 13.4. The van der Waals surface area contributed by atoms with Crippen molar-refractivity contribution in [2.24, 2.45) is 7.05 Å². The molecule has 0 saturated carbocycles. The molecule has 2 saturated heterocycles. The van der Waals surface area contributed by atoms with Gasteiger partial charge in [0, 0.05) is 31.7 Å². The summed E-state index contributed by atoms with van der Waals surface area (Å²) in [7, 11) is 2.87. The van der Waals surface area contributed by atoms with Gasteiger partial charge in [-0.05, 0) is 69.5 Å². The summed E-state index contributed by atoms with van der Waals surface area (Å²) in [6.45, 7) is 7.53. The lowest BCUT2D eigenvalue weighted by Crippen LogP contribution is -2.49. The zero-order valence-corrected chi connectivity index (χ0v) is 23.5. The van der Waals surface area contributed by atoms with E-state index in [1.54, 1.807) is 0 Å². The van der Waals surface area contributed by atoms with Gasteiger partial charge in [-0.2, -0.15) is 14.3 Å². The van der Waals surface area contributed by atoms with Gasteiger partial charge in [-0.1, -0.05) is 6.42 Å². The highest BCUT2D eigenvalue weighted by atomic mass is 19.1. The molecule has 0 amide bonds. The maximum absolute atomic E-state index is 14.6. The molecule has 2 unspecified atom stereocenters. The molecule has 1 aromatic carbocycles. The van der Waals surface area contributed by atoms with Crippen LogP contribution < -0.4 is 21.1 Å². The lowest BCUT2D eigenvalue weighted by atomic mass is 9.87. The molecule has 0 radical (unpaired) electrons. The second-order valence-electron chi connectivity index (χ2n) is 10.7. The van der Waals surface area contributed by atoms with Crippen LogP contribution in [0.4, 0.5) is 26.2 Å². The van der Waals surface area contributed by atoms with E-state index in [0.717, 1.165) is 27.7 Å². The van der Waals surface area contributed by atoms with Crippen molar-refractivity contribution in [3.05, 3.63) is 40.4 Å². The number of hydrogen-bond acceptors (Lipinski definition) is 10. The topological polar surface area (TPSA) is 135 Å². The van der Waals surface area contributed by atoms with Crippen molar-refractivity contribution < 1.29 is 18.6 Å². The smallest absolute Gasteiger partial charge is 0.368 e. The Morgan fingerprint density at radius 2 is 1.95 bits per heavy atom. The monoisotopic (exact) mass is 561 g/mol. The summed E-state index contributed by atoms with van der Waals surface area (Å²) in [6, 6.07) is 3.21. The van der Waals surface area contributed by atoms with Crippen molar-refractivity contribution in [2.45, 2.75) is 70.6 Å². The standard InChI is InChI=1S/C16H18F2N8O3.C10H19N/c1-8(27)7-29-13-4-9(17)11(5-12(13)26-16(28)25(3)23-24-26)21-15-20-6-10(18)14(19-2)22-15;1-10(2)7-3-5-9-6-4-8-11(9)10/h4-6,8,27H,7H2,1-3H3,(H2,19,20,21,22);9H,3-8H2,1-2H3. The molecule has 2 atom stereocenters. The first-order chi connectivity index (χ1) is 19.0. The van der Waals surface area contributed by atoms with Crippen molar-refractivity contribution >= 4 is 17.5 Å². The molecular weight excluding hydrogens is 524 g/mol.